The summed E-state index contributed by atoms with van der Waals surface area (Å²) in [7, 11) is 5.22. The Labute approximate surface area is 198 Å². The number of aryl methyl sites for hydroxylation is 1. The van der Waals surface area contributed by atoms with E-state index < -0.39 is 5.60 Å². The number of rotatable bonds is 4. The molecule has 4 atom stereocenters. The maximum absolute atomic E-state index is 13.8. The minimum atomic E-state index is -0.476. The smallest absolute Gasteiger partial charge is 0.258 e. The Morgan fingerprint density at radius 2 is 1.82 bits per heavy atom. The topological polar surface area (TPSA) is 68.2 Å². The van der Waals surface area contributed by atoms with Crippen molar-refractivity contribution in [1.82, 2.24) is 4.57 Å². The van der Waals surface area contributed by atoms with E-state index >= 15 is 0 Å². The van der Waals surface area contributed by atoms with Crippen LogP contribution in [0.25, 0.3) is 10.9 Å². The summed E-state index contributed by atoms with van der Waals surface area (Å²) in [6.45, 7) is 4.99. The van der Waals surface area contributed by atoms with E-state index in [2.05, 4.69) is 13.8 Å². The molecule has 178 valence electrons. The van der Waals surface area contributed by atoms with E-state index in [4.69, 9.17) is 23.7 Å². The van der Waals surface area contributed by atoms with Gasteiger partial charge in [-0.15, -0.1) is 0 Å². The largest absolute Gasteiger partial charge is 0.496 e. The van der Waals surface area contributed by atoms with E-state index in [0.717, 1.165) is 27.8 Å². The summed E-state index contributed by atoms with van der Waals surface area (Å²) in [6, 6.07) is 11.8. The predicted molar refractivity (Wildman–Crippen MR) is 127 cm³/mol. The van der Waals surface area contributed by atoms with Crippen LogP contribution in [-0.2, 0) is 11.8 Å². The first-order valence-electron chi connectivity index (χ1n) is 11.6. The lowest BCUT2D eigenvalue weighted by molar-refractivity contribution is -0.109. The van der Waals surface area contributed by atoms with Crippen LogP contribution in [-0.4, -0.2) is 37.8 Å². The Kier molecular flexibility index (Phi) is 4.65. The highest BCUT2D eigenvalue weighted by Crippen LogP contribution is 2.67. The lowest BCUT2D eigenvalue weighted by Crippen LogP contribution is -2.61. The second-order valence-corrected chi connectivity index (χ2v) is 9.97. The van der Waals surface area contributed by atoms with Gasteiger partial charge in [-0.1, -0.05) is 12.1 Å². The molecule has 7 nitrogen and oxygen atoms in total. The number of ether oxygens (including phenoxy) is 5. The van der Waals surface area contributed by atoms with Gasteiger partial charge >= 0.3 is 0 Å². The van der Waals surface area contributed by atoms with Gasteiger partial charge in [-0.05, 0) is 38.0 Å². The number of nitrogens with zero attached hydrogens (tertiary/aromatic N) is 1. The number of methoxy groups -OCH3 is 2. The summed E-state index contributed by atoms with van der Waals surface area (Å²) in [6.07, 6.45) is 0. The quantitative estimate of drug-likeness (QED) is 0.578. The lowest BCUT2D eigenvalue weighted by Gasteiger charge is -2.60. The lowest BCUT2D eigenvalue weighted by atomic mass is 9.47. The fourth-order valence-electron chi connectivity index (χ4n) is 6.57. The number of aromatic nitrogens is 1. The van der Waals surface area contributed by atoms with E-state index in [9.17, 15) is 4.79 Å². The van der Waals surface area contributed by atoms with E-state index in [1.807, 2.05) is 43.4 Å². The van der Waals surface area contributed by atoms with Crippen molar-refractivity contribution in [3.8, 4) is 23.0 Å². The van der Waals surface area contributed by atoms with Crippen LogP contribution in [0.2, 0.25) is 0 Å². The highest BCUT2D eigenvalue weighted by molar-refractivity contribution is 5.87. The van der Waals surface area contributed by atoms with Gasteiger partial charge in [0.15, 0.2) is 11.5 Å². The monoisotopic (exact) mass is 463 g/mol. The van der Waals surface area contributed by atoms with Crippen molar-refractivity contribution >= 4 is 10.9 Å². The summed E-state index contributed by atoms with van der Waals surface area (Å²) >= 11 is 0. The molecule has 3 aromatic rings. The maximum Gasteiger partial charge on any atom is 0.258 e. The van der Waals surface area contributed by atoms with Crippen molar-refractivity contribution < 1.29 is 23.7 Å². The van der Waals surface area contributed by atoms with Gasteiger partial charge < -0.3 is 28.3 Å². The van der Waals surface area contributed by atoms with Crippen LogP contribution in [0, 0.1) is 11.8 Å². The number of benzene rings is 2. The van der Waals surface area contributed by atoms with Crippen molar-refractivity contribution in [3.63, 3.8) is 0 Å². The second-order valence-electron chi connectivity index (χ2n) is 9.97. The Morgan fingerprint density at radius 3 is 2.56 bits per heavy atom. The molecule has 0 saturated heterocycles. The van der Waals surface area contributed by atoms with Gasteiger partial charge in [0.1, 0.15) is 17.1 Å². The second kappa shape index (κ2) is 7.40. The molecule has 2 aromatic carbocycles. The molecule has 0 spiro atoms. The van der Waals surface area contributed by atoms with E-state index in [-0.39, 0.29) is 36.0 Å². The standard InChI is InChI=1S/C27H29NO6/c1-27(2)24-16(12-30-4)21(15-10-19-20(33-13-32-19)11-18(15)31-5)22(24)23-25(34-27)14-8-6-7-9-17(14)28(3)26(23)29/h6-11,16,21-22,24H,12-13H2,1-5H3/t16-,21-,22+,24+/m0/s1. The minimum absolute atomic E-state index is 0.00480. The number of para-hydroxylation sites is 1. The van der Waals surface area contributed by atoms with Crippen LogP contribution in [0.5, 0.6) is 23.0 Å². The van der Waals surface area contributed by atoms with Gasteiger partial charge in [-0.25, -0.2) is 0 Å². The summed E-state index contributed by atoms with van der Waals surface area (Å²) in [5.41, 5.74) is 2.12. The summed E-state index contributed by atoms with van der Waals surface area (Å²) in [5.74, 6) is 3.02. The summed E-state index contributed by atoms with van der Waals surface area (Å²) in [5, 5.41) is 0.956. The molecular formula is C27H29NO6. The molecule has 0 amide bonds. The fraction of sp³-hybridized carbons (Fsp3) is 0.444. The van der Waals surface area contributed by atoms with Crippen LogP contribution in [0.3, 0.4) is 0 Å². The Morgan fingerprint density at radius 1 is 1.09 bits per heavy atom. The zero-order valence-corrected chi connectivity index (χ0v) is 20.1. The van der Waals surface area contributed by atoms with Gasteiger partial charge in [0, 0.05) is 48.9 Å². The van der Waals surface area contributed by atoms with E-state index in [1.54, 1.807) is 18.8 Å². The van der Waals surface area contributed by atoms with Crippen LogP contribution in [0.15, 0.2) is 41.2 Å². The Bertz CT molecular complexity index is 1360. The zero-order chi connectivity index (χ0) is 23.8. The molecule has 1 fully saturated rings. The van der Waals surface area contributed by atoms with Crippen LogP contribution in [0.4, 0.5) is 0 Å². The van der Waals surface area contributed by atoms with Crippen molar-refractivity contribution in [2.24, 2.45) is 18.9 Å². The average molecular weight is 464 g/mol. The molecule has 0 N–H and O–H groups in total. The normalized spacial score (nSPS) is 25.8. The number of pyridine rings is 1. The molecule has 1 aromatic heterocycles. The van der Waals surface area contributed by atoms with Crippen molar-refractivity contribution in [2.75, 3.05) is 27.6 Å². The first-order valence-corrected chi connectivity index (χ1v) is 11.6. The third kappa shape index (κ3) is 2.76. The predicted octanol–water partition coefficient (Wildman–Crippen LogP) is 4.21. The first kappa shape index (κ1) is 21.4. The molecule has 0 unspecified atom stereocenters. The fourth-order valence-corrected chi connectivity index (χ4v) is 6.57. The molecule has 7 heteroatoms. The molecule has 0 radical (unpaired) electrons. The molecule has 0 bridgehead atoms. The first-order chi connectivity index (χ1) is 16.4. The molecule has 34 heavy (non-hydrogen) atoms. The molecule has 3 heterocycles. The highest BCUT2D eigenvalue weighted by atomic mass is 16.7. The molecule has 1 aliphatic carbocycles. The van der Waals surface area contributed by atoms with E-state index in [1.165, 1.54) is 0 Å². The third-order valence-electron chi connectivity index (χ3n) is 7.93. The summed E-state index contributed by atoms with van der Waals surface area (Å²) < 4.78 is 31.2. The number of fused-ring (bicyclic) bond motifs is 6. The third-order valence-corrected chi connectivity index (χ3v) is 7.93. The number of hydrogen-bond acceptors (Lipinski definition) is 6. The van der Waals surface area contributed by atoms with Gasteiger partial charge in [0.05, 0.1) is 24.8 Å². The van der Waals surface area contributed by atoms with Crippen LogP contribution >= 0.6 is 0 Å². The van der Waals surface area contributed by atoms with Gasteiger partial charge in [0.25, 0.3) is 5.56 Å². The van der Waals surface area contributed by atoms with Gasteiger partial charge in [-0.2, -0.15) is 0 Å². The summed E-state index contributed by atoms with van der Waals surface area (Å²) in [4.78, 5) is 13.8. The van der Waals surface area contributed by atoms with Gasteiger partial charge in [0.2, 0.25) is 6.79 Å². The minimum Gasteiger partial charge on any atom is -0.496 e. The molecule has 3 aliphatic rings. The van der Waals surface area contributed by atoms with Crippen molar-refractivity contribution in [1.29, 1.82) is 0 Å². The Hall–Kier alpha value is -3.19. The molecule has 2 aliphatic heterocycles. The maximum atomic E-state index is 13.8. The highest BCUT2D eigenvalue weighted by Gasteiger charge is 2.62. The van der Waals surface area contributed by atoms with E-state index in [0.29, 0.717) is 23.9 Å². The van der Waals surface area contributed by atoms with Gasteiger partial charge in [-0.3, -0.25) is 4.79 Å². The Balaban J connectivity index is 1.61. The van der Waals surface area contributed by atoms with Crippen LogP contribution in [0.1, 0.15) is 36.8 Å². The number of hydrogen-bond donors (Lipinski definition) is 0. The average Bonchev–Trinajstić information content (AvgIpc) is 3.27. The molecule has 1 saturated carbocycles. The SMILES string of the molecule is COC[C@H]1[C@H](c2cc3c(cc2OC)OCO3)[C@@H]2c3c(c4ccccc4n(C)c3=O)OC(C)(C)[C@H]12. The van der Waals surface area contributed by atoms with Crippen molar-refractivity contribution in [3.05, 3.63) is 57.9 Å². The molecule has 6 rings (SSSR count). The van der Waals surface area contributed by atoms with Crippen LogP contribution < -0.4 is 24.5 Å². The molecular weight excluding hydrogens is 434 g/mol. The van der Waals surface area contributed by atoms with Crippen molar-refractivity contribution in [2.45, 2.75) is 31.3 Å². The zero-order valence-electron chi connectivity index (χ0n) is 20.1.